The molecule has 33 heavy (non-hydrogen) atoms. The molecule has 0 saturated carbocycles. The maximum Gasteiger partial charge on any atom is 0.341 e. The van der Waals surface area contributed by atoms with E-state index in [2.05, 4.69) is 51.2 Å². The summed E-state index contributed by atoms with van der Waals surface area (Å²) in [7, 11) is 0. The van der Waals surface area contributed by atoms with Gasteiger partial charge in [-0.15, -0.1) is 0 Å². The third-order valence-corrected chi connectivity index (χ3v) is 6.18. The van der Waals surface area contributed by atoms with Gasteiger partial charge in [0.25, 0.3) is 0 Å². The molecule has 7 heteroatoms. The smallest absolute Gasteiger partial charge is 0.341 e. The molecule has 1 atom stereocenters. The highest BCUT2D eigenvalue weighted by atomic mass is 35.5. The first-order chi connectivity index (χ1) is 16.1. The number of ether oxygens (including phenoxy) is 1. The summed E-state index contributed by atoms with van der Waals surface area (Å²) in [6.07, 6.45) is 2.36. The molecule has 0 radical (unpaired) electrons. The van der Waals surface area contributed by atoms with Gasteiger partial charge in [-0.2, -0.15) is 0 Å². The van der Waals surface area contributed by atoms with Crippen molar-refractivity contribution in [3.05, 3.63) is 94.6 Å². The fourth-order valence-electron chi connectivity index (χ4n) is 4.27. The van der Waals surface area contributed by atoms with Crippen molar-refractivity contribution in [2.24, 2.45) is 0 Å². The Kier molecular flexibility index (Phi) is 7.94. The highest BCUT2D eigenvalue weighted by Crippen LogP contribution is 2.30. The summed E-state index contributed by atoms with van der Waals surface area (Å²) in [5, 5.41) is 9.98. The molecule has 4 rings (SSSR count). The second-order valence-electron chi connectivity index (χ2n) is 8.11. The van der Waals surface area contributed by atoms with E-state index in [9.17, 15) is 9.90 Å². The summed E-state index contributed by atoms with van der Waals surface area (Å²) < 4.78 is 5.63. The van der Waals surface area contributed by atoms with E-state index < -0.39 is 5.97 Å². The average molecular weight is 466 g/mol. The van der Waals surface area contributed by atoms with Gasteiger partial charge in [0.2, 0.25) is 5.88 Å². The second-order valence-corrected chi connectivity index (χ2v) is 8.54. The molecule has 172 valence electrons. The largest absolute Gasteiger partial charge is 0.477 e. The number of carboxylic acids is 1. The molecular formula is C26H28ClN3O3. The lowest BCUT2D eigenvalue weighted by Gasteiger charge is -2.39. The Balaban J connectivity index is 1.31. The maximum atomic E-state index is 11.3. The molecule has 1 fully saturated rings. The molecule has 0 aliphatic carbocycles. The van der Waals surface area contributed by atoms with Gasteiger partial charge in [-0.1, -0.05) is 54.1 Å². The number of rotatable bonds is 9. The average Bonchev–Trinajstić information content (AvgIpc) is 2.85. The lowest BCUT2D eigenvalue weighted by atomic mass is 9.96. The predicted octanol–water partition coefficient (Wildman–Crippen LogP) is 4.61. The molecule has 1 N–H and O–H groups in total. The van der Waals surface area contributed by atoms with Crippen LogP contribution in [0.2, 0.25) is 5.02 Å². The number of aromatic nitrogens is 1. The van der Waals surface area contributed by atoms with Crippen LogP contribution in [0.5, 0.6) is 5.88 Å². The van der Waals surface area contributed by atoms with Crippen LogP contribution in [0.3, 0.4) is 0 Å². The Labute approximate surface area is 199 Å². The van der Waals surface area contributed by atoms with Gasteiger partial charge in [-0.3, -0.25) is 4.90 Å². The van der Waals surface area contributed by atoms with Gasteiger partial charge in [0.15, 0.2) is 0 Å². The highest BCUT2D eigenvalue weighted by Gasteiger charge is 2.26. The lowest BCUT2D eigenvalue weighted by Crippen LogP contribution is -2.48. The zero-order valence-corrected chi connectivity index (χ0v) is 19.2. The number of nitrogens with zero attached hydrogens (tertiary/aromatic N) is 3. The minimum atomic E-state index is -1.03. The highest BCUT2D eigenvalue weighted by molar-refractivity contribution is 6.30. The molecule has 0 bridgehead atoms. The van der Waals surface area contributed by atoms with E-state index in [1.54, 1.807) is 12.3 Å². The molecule has 1 unspecified atom stereocenters. The molecule has 2 aromatic carbocycles. The summed E-state index contributed by atoms with van der Waals surface area (Å²) in [6.45, 7) is 5.22. The standard InChI is InChI=1S/C26H28ClN3O3/c27-22-11-9-21(10-12-22)24(20-6-2-1-3-7-20)30-17-15-29(16-18-30)14-5-19-33-25-23(26(31)32)8-4-13-28-25/h1-4,6-13,24H,5,14-19H2,(H,31,32). The SMILES string of the molecule is O=C(O)c1cccnc1OCCCN1CCN(C(c2ccccc2)c2ccc(Cl)cc2)CC1. The van der Waals surface area contributed by atoms with Crippen molar-refractivity contribution >= 4 is 17.6 Å². The fraction of sp³-hybridized carbons (Fsp3) is 0.308. The third kappa shape index (κ3) is 6.11. The number of benzene rings is 2. The van der Waals surface area contributed by atoms with E-state index in [0.717, 1.165) is 44.2 Å². The van der Waals surface area contributed by atoms with Crippen molar-refractivity contribution in [2.75, 3.05) is 39.3 Å². The fourth-order valence-corrected chi connectivity index (χ4v) is 4.39. The first-order valence-corrected chi connectivity index (χ1v) is 11.6. The molecule has 1 saturated heterocycles. The molecule has 1 aliphatic heterocycles. The summed E-state index contributed by atoms with van der Waals surface area (Å²) >= 11 is 6.13. The predicted molar refractivity (Wildman–Crippen MR) is 129 cm³/mol. The van der Waals surface area contributed by atoms with E-state index in [-0.39, 0.29) is 17.5 Å². The van der Waals surface area contributed by atoms with Crippen LogP contribution in [0.1, 0.15) is 33.9 Å². The first-order valence-electron chi connectivity index (χ1n) is 11.2. The third-order valence-electron chi connectivity index (χ3n) is 5.93. The van der Waals surface area contributed by atoms with Crippen molar-refractivity contribution in [3.63, 3.8) is 0 Å². The van der Waals surface area contributed by atoms with Gasteiger partial charge in [-0.05, 0) is 41.8 Å². The first kappa shape index (κ1) is 23.2. The number of hydrogen-bond acceptors (Lipinski definition) is 5. The molecule has 1 aromatic heterocycles. The Morgan fingerprint density at radius 1 is 0.970 bits per heavy atom. The summed E-state index contributed by atoms with van der Waals surface area (Å²) in [6, 6.07) is 22.1. The number of carboxylic acid groups (broad SMARTS) is 1. The van der Waals surface area contributed by atoms with Gasteiger partial charge in [0.1, 0.15) is 5.56 Å². The molecular weight excluding hydrogens is 438 g/mol. The van der Waals surface area contributed by atoms with Crippen molar-refractivity contribution in [2.45, 2.75) is 12.5 Å². The molecule has 0 amide bonds. The van der Waals surface area contributed by atoms with E-state index in [1.807, 2.05) is 18.2 Å². The number of halogens is 1. The van der Waals surface area contributed by atoms with Crippen LogP contribution in [0, 0.1) is 0 Å². The number of pyridine rings is 1. The van der Waals surface area contributed by atoms with Crippen LogP contribution in [0.25, 0.3) is 0 Å². The van der Waals surface area contributed by atoms with Gasteiger partial charge in [-0.25, -0.2) is 9.78 Å². The molecule has 0 spiro atoms. The van der Waals surface area contributed by atoms with E-state index in [4.69, 9.17) is 16.3 Å². The van der Waals surface area contributed by atoms with Crippen LogP contribution in [-0.2, 0) is 0 Å². The van der Waals surface area contributed by atoms with Gasteiger partial charge in [0.05, 0.1) is 12.6 Å². The molecule has 2 heterocycles. The molecule has 3 aromatic rings. The summed E-state index contributed by atoms with van der Waals surface area (Å²) in [5.41, 5.74) is 2.63. The van der Waals surface area contributed by atoms with Crippen molar-refractivity contribution < 1.29 is 14.6 Å². The zero-order valence-electron chi connectivity index (χ0n) is 18.4. The Bertz CT molecular complexity index is 1040. The Hall–Kier alpha value is -2.93. The van der Waals surface area contributed by atoms with E-state index >= 15 is 0 Å². The maximum absolute atomic E-state index is 11.3. The normalized spacial score (nSPS) is 15.8. The Morgan fingerprint density at radius 3 is 2.36 bits per heavy atom. The number of aromatic carboxylic acids is 1. The van der Waals surface area contributed by atoms with Crippen molar-refractivity contribution in [1.29, 1.82) is 0 Å². The minimum absolute atomic E-state index is 0.0975. The monoisotopic (exact) mass is 465 g/mol. The number of carbonyl (C=O) groups is 1. The number of piperazine rings is 1. The van der Waals surface area contributed by atoms with E-state index in [1.165, 1.54) is 17.2 Å². The topological polar surface area (TPSA) is 65.9 Å². The quantitative estimate of drug-likeness (QED) is 0.465. The van der Waals surface area contributed by atoms with Gasteiger partial charge >= 0.3 is 5.97 Å². The van der Waals surface area contributed by atoms with Crippen molar-refractivity contribution in [1.82, 2.24) is 14.8 Å². The second kappa shape index (κ2) is 11.3. The van der Waals surface area contributed by atoms with Crippen LogP contribution in [-0.4, -0.2) is 65.2 Å². The van der Waals surface area contributed by atoms with Crippen molar-refractivity contribution in [3.8, 4) is 5.88 Å². The number of hydrogen-bond donors (Lipinski definition) is 1. The van der Waals surface area contributed by atoms with Gasteiger partial charge in [0, 0.05) is 43.9 Å². The van der Waals surface area contributed by atoms with Gasteiger partial charge < -0.3 is 14.7 Å². The van der Waals surface area contributed by atoms with Crippen LogP contribution in [0.4, 0.5) is 0 Å². The summed E-state index contributed by atoms with van der Waals surface area (Å²) in [4.78, 5) is 20.3. The minimum Gasteiger partial charge on any atom is -0.477 e. The summed E-state index contributed by atoms with van der Waals surface area (Å²) in [5.74, 6) is -0.841. The van der Waals surface area contributed by atoms with Crippen LogP contribution in [0.15, 0.2) is 72.9 Å². The van der Waals surface area contributed by atoms with Crippen LogP contribution >= 0.6 is 11.6 Å². The zero-order chi connectivity index (χ0) is 23.0. The molecule has 1 aliphatic rings. The lowest BCUT2D eigenvalue weighted by molar-refractivity contribution is 0.0690. The van der Waals surface area contributed by atoms with E-state index in [0.29, 0.717) is 6.61 Å². The van der Waals surface area contributed by atoms with Crippen LogP contribution < -0.4 is 4.74 Å². The molecule has 6 nitrogen and oxygen atoms in total. The Morgan fingerprint density at radius 2 is 1.67 bits per heavy atom.